The molecule has 3 unspecified atom stereocenters. The van der Waals surface area contributed by atoms with Crippen molar-refractivity contribution in [3.63, 3.8) is 0 Å². The van der Waals surface area contributed by atoms with Crippen molar-refractivity contribution < 1.29 is 39.5 Å². The monoisotopic (exact) mass is 266 g/mol. The number of aliphatic carboxylic acids is 1. The number of allylic oxidation sites excluding steroid dienone is 2. The van der Waals surface area contributed by atoms with Crippen molar-refractivity contribution >= 4 is 11.5 Å². The smallest absolute Gasteiger partial charge is 0.550 e. The normalized spacial score (nSPS) is 26.2. The van der Waals surface area contributed by atoms with Gasteiger partial charge in [0.05, 0.1) is 0 Å². The number of carboxylic acids is 1. The Kier molecular flexibility index (Phi) is 6.31. The molecule has 0 aromatic heterocycles. The Balaban J connectivity index is 0.00000180. The molecule has 0 aliphatic heterocycles. The van der Waals surface area contributed by atoms with E-state index in [1.54, 1.807) is 0 Å². The molecule has 0 radical (unpaired) electrons. The largest absolute Gasteiger partial charge is 1.00 e. The number of rotatable bonds is 3. The Labute approximate surface area is 137 Å². The molecule has 0 amide bonds. The summed E-state index contributed by atoms with van der Waals surface area (Å²) in [6.45, 7) is 4.15. The number of benzene rings is 1. The average Bonchev–Trinajstić information content (AvgIpc) is 2.39. The van der Waals surface area contributed by atoms with Gasteiger partial charge in [-0.2, -0.15) is 0 Å². The Bertz CT molecular complexity index is 453. The van der Waals surface area contributed by atoms with Gasteiger partial charge >= 0.3 is 29.6 Å². The van der Waals surface area contributed by atoms with Crippen molar-refractivity contribution in [3.8, 4) is 0 Å². The summed E-state index contributed by atoms with van der Waals surface area (Å²) in [7, 11) is 0. The second-order valence-corrected chi connectivity index (χ2v) is 5.06. The molecule has 1 aromatic carbocycles. The third-order valence-corrected chi connectivity index (χ3v) is 4.11. The minimum atomic E-state index is -0.913. The zero-order valence-corrected chi connectivity index (χ0v) is 13.9. The van der Waals surface area contributed by atoms with E-state index in [1.165, 1.54) is 11.1 Å². The molecule has 19 heavy (non-hydrogen) atoms. The van der Waals surface area contributed by atoms with E-state index in [4.69, 9.17) is 0 Å². The van der Waals surface area contributed by atoms with Crippen LogP contribution in [0.15, 0.2) is 36.4 Å². The van der Waals surface area contributed by atoms with E-state index in [9.17, 15) is 9.90 Å². The van der Waals surface area contributed by atoms with Crippen LogP contribution in [-0.4, -0.2) is 5.97 Å². The maximum Gasteiger partial charge on any atom is 1.00 e. The van der Waals surface area contributed by atoms with Gasteiger partial charge in [-0.25, -0.2) is 0 Å². The van der Waals surface area contributed by atoms with Crippen LogP contribution in [0.1, 0.15) is 32.3 Å². The van der Waals surface area contributed by atoms with Gasteiger partial charge in [-0.3, -0.25) is 0 Å². The van der Waals surface area contributed by atoms with Gasteiger partial charge in [-0.05, 0) is 35.8 Å². The second-order valence-electron chi connectivity index (χ2n) is 5.06. The SMILES string of the molecule is CCC1C(c2ccccc2)=CCC(C(=O)[O-])C1C.[Na+]. The van der Waals surface area contributed by atoms with Crippen molar-refractivity contribution in [2.45, 2.75) is 26.7 Å². The maximum atomic E-state index is 11.1. The van der Waals surface area contributed by atoms with Gasteiger partial charge in [0.15, 0.2) is 0 Å². The number of carbonyl (C=O) groups is 1. The molecular formula is C16H19NaO2. The molecule has 3 heteroatoms. The van der Waals surface area contributed by atoms with Gasteiger partial charge in [-0.1, -0.05) is 50.3 Å². The third-order valence-electron chi connectivity index (χ3n) is 4.11. The van der Waals surface area contributed by atoms with Gasteiger partial charge < -0.3 is 9.90 Å². The molecule has 0 fully saturated rings. The van der Waals surface area contributed by atoms with Crippen LogP contribution in [0.4, 0.5) is 0 Å². The van der Waals surface area contributed by atoms with E-state index < -0.39 is 5.97 Å². The Morgan fingerprint density at radius 1 is 1.32 bits per heavy atom. The Morgan fingerprint density at radius 3 is 2.47 bits per heavy atom. The van der Waals surface area contributed by atoms with Gasteiger partial charge in [0.1, 0.15) is 0 Å². The fourth-order valence-corrected chi connectivity index (χ4v) is 3.05. The number of carboxylic acid groups (broad SMARTS) is 1. The molecule has 96 valence electrons. The first kappa shape index (κ1) is 16.5. The maximum absolute atomic E-state index is 11.1. The van der Waals surface area contributed by atoms with Crippen LogP contribution in [0.25, 0.3) is 5.57 Å². The predicted octanol–water partition coefficient (Wildman–Crippen LogP) is -0.494. The second kappa shape index (κ2) is 7.28. The topological polar surface area (TPSA) is 40.1 Å². The van der Waals surface area contributed by atoms with Gasteiger partial charge in [0.2, 0.25) is 0 Å². The third kappa shape index (κ3) is 3.50. The van der Waals surface area contributed by atoms with Crippen LogP contribution in [0, 0.1) is 17.8 Å². The van der Waals surface area contributed by atoms with Crippen molar-refractivity contribution in [2.75, 3.05) is 0 Å². The van der Waals surface area contributed by atoms with Crippen LogP contribution < -0.4 is 34.7 Å². The zero-order chi connectivity index (χ0) is 13.1. The van der Waals surface area contributed by atoms with Crippen LogP contribution in [0.2, 0.25) is 0 Å². The minimum Gasteiger partial charge on any atom is -0.550 e. The van der Waals surface area contributed by atoms with Crippen LogP contribution in [0.5, 0.6) is 0 Å². The standard InChI is InChI=1S/C16H20O2.Na/c1-3-13-11(2)14(16(17)18)9-10-15(13)12-7-5-4-6-8-12;/h4-8,10-11,13-14H,3,9H2,1-2H3,(H,17,18);/q;+1/p-1. The van der Waals surface area contributed by atoms with E-state index in [0.29, 0.717) is 12.3 Å². The summed E-state index contributed by atoms with van der Waals surface area (Å²) in [5.74, 6) is -0.809. The van der Waals surface area contributed by atoms with Crippen molar-refractivity contribution in [3.05, 3.63) is 42.0 Å². The zero-order valence-electron chi connectivity index (χ0n) is 11.9. The van der Waals surface area contributed by atoms with E-state index in [2.05, 4.69) is 25.1 Å². The molecule has 0 bridgehead atoms. The summed E-state index contributed by atoms with van der Waals surface area (Å²) in [5, 5.41) is 11.1. The Morgan fingerprint density at radius 2 is 1.95 bits per heavy atom. The molecule has 0 heterocycles. The quantitative estimate of drug-likeness (QED) is 0.692. The summed E-state index contributed by atoms with van der Waals surface area (Å²) >= 11 is 0. The first-order valence-corrected chi connectivity index (χ1v) is 6.61. The summed E-state index contributed by atoms with van der Waals surface area (Å²) in [4.78, 5) is 11.1. The van der Waals surface area contributed by atoms with Crippen LogP contribution in [-0.2, 0) is 4.79 Å². The number of hydrogen-bond donors (Lipinski definition) is 0. The van der Waals surface area contributed by atoms with Crippen molar-refractivity contribution in [1.82, 2.24) is 0 Å². The molecule has 1 aromatic rings. The fourth-order valence-electron chi connectivity index (χ4n) is 3.05. The minimum absolute atomic E-state index is 0. The molecule has 3 atom stereocenters. The average molecular weight is 266 g/mol. The summed E-state index contributed by atoms with van der Waals surface area (Å²) in [5.41, 5.74) is 2.51. The summed E-state index contributed by atoms with van der Waals surface area (Å²) in [6, 6.07) is 10.2. The molecule has 2 nitrogen and oxygen atoms in total. The predicted molar refractivity (Wildman–Crippen MR) is 70.5 cm³/mol. The molecule has 1 aliphatic rings. The van der Waals surface area contributed by atoms with E-state index in [1.807, 2.05) is 25.1 Å². The number of carbonyl (C=O) groups excluding carboxylic acids is 1. The Hall–Kier alpha value is -0.570. The van der Waals surface area contributed by atoms with Crippen molar-refractivity contribution in [2.24, 2.45) is 17.8 Å². The molecule has 0 N–H and O–H groups in total. The van der Waals surface area contributed by atoms with E-state index in [0.717, 1.165) is 6.42 Å². The molecule has 1 aliphatic carbocycles. The van der Waals surface area contributed by atoms with Gasteiger partial charge in [0, 0.05) is 11.9 Å². The molecule has 0 spiro atoms. The fraction of sp³-hybridized carbons (Fsp3) is 0.438. The van der Waals surface area contributed by atoms with Crippen molar-refractivity contribution in [1.29, 1.82) is 0 Å². The molecule has 2 rings (SSSR count). The summed E-state index contributed by atoms with van der Waals surface area (Å²) in [6.07, 6.45) is 3.64. The first-order chi connectivity index (χ1) is 8.65. The van der Waals surface area contributed by atoms with Gasteiger partial charge in [0.25, 0.3) is 0 Å². The van der Waals surface area contributed by atoms with E-state index >= 15 is 0 Å². The molecular weight excluding hydrogens is 247 g/mol. The van der Waals surface area contributed by atoms with E-state index in [-0.39, 0.29) is 41.4 Å². The van der Waals surface area contributed by atoms with Crippen LogP contribution >= 0.6 is 0 Å². The molecule has 0 saturated heterocycles. The number of hydrogen-bond acceptors (Lipinski definition) is 2. The summed E-state index contributed by atoms with van der Waals surface area (Å²) < 4.78 is 0. The van der Waals surface area contributed by atoms with Crippen LogP contribution in [0.3, 0.4) is 0 Å². The first-order valence-electron chi connectivity index (χ1n) is 6.61. The molecule has 0 saturated carbocycles. The van der Waals surface area contributed by atoms with Gasteiger partial charge in [-0.15, -0.1) is 0 Å².